The third-order valence-electron chi connectivity index (χ3n) is 5.93. The summed E-state index contributed by atoms with van der Waals surface area (Å²) in [4.78, 5) is 59.4. The molecule has 0 aliphatic carbocycles. The molecule has 0 radical (unpaired) electrons. The summed E-state index contributed by atoms with van der Waals surface area (Å²) in [6, 6.07) is 3.53. The number of rotatable bonds is 4. The first-order valence-corrected chi connectivity index (χ1v) is 11.0. The van der Waals surface area contributed by atoms with Crippen LogP contribution in [0.3, 0.4) is 0 Å². The first-order chi connectivity index (χ1) is 16.4. The van der Waals surface area contributed by atoms with Gasteiger partial charge in [-0.3, -0.25) is 23.7 Å². The fourth-order valence-corrected chi connectivity index (χ4v) is 3.79. The van der Waals surface area contributed by atoms with Crippen LogP contribution in [0.5, 0.6) is 5.75 Å². The number of aromatic hydroxyl groups is 1. The summed E-state index contributed by atoms with van der Waals surface area (Å²) in [5.41, 5.74) is -0.282. The van der Waals surface area contributed by atoms with Crippen molar-refractivity contribution < 1.29 is 23.9 Å². The number of nitrogens with one attached hydrogen (secondary N) is 1. The van der Waals surface area contributed by atoms with Gasteiger partial charge in [-0.2, -0.15) is 0 Å². The molecule has 0 spiro atoms. The van der Waals surface area contributed by atoms with E-state index < -0.39 is 40.8 Å². The number of benzene rings is 1. The van der Waals surface area contributed by atoms with Crippen LogP contribution in [-0.4, -0.2) is 88.4 Å². The van der Waals surface area contributed by atoms with E-state index >= 15 is 0 Å². The standard InChI is InChI=1S/C23H29FN6O5/c1-13-10-14(6-7-15(13)24)11-25-20(32)17-18(31)21(33)30-9-8-28(4)12-16(19(30)26-17)29(5)23(35)22(34)27(2)3/h6-7,10,16,31H,8-9,11-12H2,1-5H3,(H,25,32). The second-order valence-corrected chi connectivity index (χ2v) is 8.78. The van der Waals surface area contributed by atoms with E-state index in [1.807, 2.05) is 4.90 Å². The molecule has 0 bridgehead atoms. The van der Waals surface area contributed by atoms with Gasteiger partial charge in [0.05, 0.1) is 0 Å². The van der Waals surface area contributed by atoms with Gasteiger partial charge in [-0.15, -0.1) is 0 Å². The minimum absolute atomic E-state index is 0.0153. The average molecular weight is 489 g/mol. The van der Waals surface area contributed by atoms with Crippen LogP contribution in [0.1, 0.15) is 33.5 Å². The number of hydrogen-bond acceptors (Lipinski definition) is 7. The summed E-state index contributed by atoms with van der Waals surface area (Å²) in [5.74, 6) is -3.47. The zero-order chi connectivity index (χ0) is 26.0. The molecule has 12 heteroatoms. The molecule has 0 saturated carbocycles. The third kappa shape index (κ3) is 5.32. The highest BCUT2D eigenvalue weighted by Crippen LogP contribution is 2.24. The van der Waals surface area contributed by atoms with E-state index in [1.54, 1.807) is 20.0 Å². The fourth-order valence-electron chi connectivity index (χ4n) is 3.79. The van der Waals surface area contributed by atoms with Gasteiger partial charge in [0.1, 0.15) is 17.7 Å². The van der Waals surface area contributed by atoms with Gasteiger partial charge < -0.3 is 25.1 Å². The van der Waals surface area contributed by atoms with Crippen LogP contribution < -0.4 is 10.9 Å². The summed E-state index contributed by atoms with van der Waals surface area (Å²) >= 11 is 0. The van der Waals surface area contributed by atoms with E-state index in [9.17, 15) is 28.7 Å². The molecular weight excluding hydrogens is 459 g/mol. The first-order valence-electron chi connectivity index (χ1n) is 11.0. The smallest absolute Gasteiger partial charge is 0.312 e. The highest BCUT2D eigenvalue weighted by atomic mass is 19.1. The molecule has 1 unspecified atom stereocenters. The molecular formula is C23H29FN6O5. The Kier molecular flexibility index (Phi) is 7.54. The highest BCUT2D eigenvalue weighted by Gasteiger charge is 2.35. The Hall–Kier alpha value is -3.80. The monoisotopic (exact) mass is 488 g/mol. The van der Waals surface area contributed by atoms with E-state index in [0.717, 1.165) is 4.90 Å². The maximum atomic E-state index is 13.5. The molecule has 1 aliphatic heterocycles. The van der Waals surface area contributed by atoms with Gasteiger partial charge in [-0.25, -0.2) is 9.37 Å². The predicted molar refractivity (Wildman–Crippen MR) is 124 cm³/mol. The minimum Gasteiger partial charge on any atom is -0.501 e. The third-order valence-corrected chi connectivity index (χ3v) is 5.93. The Morgan fingerprint density at radius 3 is 2.51 bits per heavy atom. The van der Waals surface area contributed by atoms with E-state index in [2.05, 4.69) is 10.3 Å². The molecule has 0 fully saturated rings. The van der Waals surface area contributed by atoms with Crippen molar-refractivity contribution in [3.8, 4) is 5.75 Å². The lowest BCUT2D eigenvalue weighted by molar-refractivity contribution is -0.151. The number of nitrogens with zero attached hydrogens (tertiary/aromatic N) is 5. The number of fused-ring (bicyclic) bond motifs is 1. The first kappa shape index (κ1) is 25.8. The van der Waals surface area contributed by atoms with Crippen LogP contribution in [0, 0.1) is 12.7 Å². The van der Waals surface area contributed by atoms with Crippen molar-refractivity contribution in [2.45, 2.75) is 26.1 Å². The Bertz CT molecular complexity index is 1230. The molecule has 35 heavy (non-hydrogen) atoms. The highest BCUT2D eigenvalue weighted by molar-refractivity contribution is 6.34. The maximum Gasteiger partial charge on any atom is 0.312 e. The van der Waals surface area contributed by atoms with E-state index in [1.165, 1.54) is 42.7 Å². The summed E-state index contributed by atoms with van der Waals surface area (Å²) in [6.07, 6.45) is 0. The van der Waals surface area contributed by atoms with Crippen LogP contribution in [-0.2, 0) is 22.7 Å². The van der Waals surface area contributed by atoms with Crippen molar-refractivity contribution in [1.29, 1.82) is 0 Å². The SMILES string of the molecule is Cc1cc(CNC(=O)c2nc3n(c(=O)c2O)CCN(C)CC3N(C)C(=O)C(=O)N(C)C)ccc1F. The van der Waals surface area contributed by atoms with Crippen molar-refractivity contribution in [3.05, 3.63) is 57.0 Å². The number of amides is 3. The van der Waals surface area contributed by atoms with Crippen molar-refractivity contribution in [3.63, 3.8) is 0 Å². The molecule has 2 heterocycles. The van der Waals surface area contributed by atoms with Crippen molar-refractivity contribution in [2.75, 3.05) is 41.3 Å². The Balaban J connectivity index is 1.98. The zero-order valence-corrected chi connectivity index (χ0v) is 20.3. The van der Waals surface area contributed by atoms with Gasteiger partial charge in [0.15, 0.2) is 5.69 Å². The van der Waals surface area contributed by atoms with Crippen molar-refractivity contribution in [2.24, 2.45) is 0 Å². The largest absolute Gasteiger partial charge is 0.501 e. The number of carbonyl (C=O) groups excluding carboxylic acids is 3. The van der Waals surface area contributed by atoms with Crippen LogP contribution in [0.15, 0.2) is 23.0 Å². The Morgan fingerprint density at radius 1 is 1.20 bits per heavy atom. The second-order valence-electron chi connectivity index (χ2n) is 8.78. The molecule has 1 aromatic heterocycles. The lowest BCUT2D eigenvalue weighted by Crippen LogP contribution is -2.45. The molecule has 1 aromatic carbocycles. The molecule has 1 atom stereocenters. The second kappa shape index (κ2) is 10.2. The summed E-state index contributed by atoms with van der Waals surface area (Å²) < 4.78 is 14.7. The average Bonchev–Trinajstić information content (AvgIpc) is 2.99. The summed E-state index contributed by atoms with van der Waals surface area (Å²) in [7, 11) is 6.11. The Labute approximate surface area is 201 Å². The number of halogens is 1. The molecule has 2 aromatic rings. The van der Waals surface area contributed by atoms with E-state index in [-0.39, 0.29) is 31.3 Å². The van der Waals surface area contributed by atoms with Gasteiger partial charge in [-0.1, -0.05) is 12.1 Å². The van der Waals surface area contributed by atoms with Crippen molar-refractivity contribution in [1.82, 2.24) is 29.6 Å². The van der Waals surface area contributed by atoms with Crippen LogP contribution in [0.4, 0.5) is 4.39 Å². The predicted octanol–water partition coefficient (Wildman–Crippen LogP) is -0.140. The molecule has 2 N–H and O–H groups in total. The fraction of sp³-hybridized carbons (Fsp3) is 0.435. The molecule has 11 nitrogen and oxygen atoms in total. The van der Waals surface area contributed by atoms with Gasteiger partial charge in [0.2, 0.25) is 5.75 Å². The number of aryl methyl sites for hydroxylation is 1. The number of aromatic nitrogens is 2. The molecule has 1 aliphatic rings. The quantitative estimate of drug-likeness (QED) is 0.574. The lowest BCUT2D eigenvalue weighted by Gasteiger charge is -2.30. The van der Waals surface area contributed by atoms with Gasteiger partial charge in [0, 0.05) is 47.3 Å². The number of hydrogen-bond donors (Lipinski definition) is 2. The summed E-state index contributed by atoms with van der Waals surface area (Å²) in [6.45, 7) is 2.45. The molecule has 3 rings (SSSR count). The normalized spacial score (nSPS) is 15.7. The number of carbonyl (C=O) groups is 3. The van der Waals surface area contributed by atoms with E-state index in [0.29, 0.717) is 17.7 Å². The zero-order valence-electron chi connectivity index (χ0n) is 20.3. The van der Waals surface area contributed by atoms with Crippen LogP contribution in [0.25, 0.3) is 0 Å². The molecule has 0 saturated heterocycles. The number of likely N-dealkylation sites (N-methyl/N-ethyl adjacent to an activating group) is 3. The maximum absolute atomic E-state index is 13.5. The van der Waals surface area contributed by atoms with Gasteiger partial charge in [0.25, 0.3) is 11.5 Å². The minimum atomic E-state index is -0.835. The topological polar surface area (TPSA) is 128 Å². The van der Waals surface area contributed by atoms with Crippen LogP contribution in [0.2, 0.25) is 0 Å². The summed E-state index contributed by atoms with van der Waals surface area (Å²) in [5, 5.41) is 13.1. The van der Waals surface area contributed by atoms with E-state index in [4.69, 9.17) is 0 Å². The Morgan fingerprint density at radius 2 is 1.89 bits per heavy atom. The van der Waals surface area contributed by atoms with Crippen LogP contribution >= 0.6 is 0 Å². The molecule has 188 valence electrons. The van der Waals surface area contributed by atoms with Crippen molar-refractivity contribution >= 4 is 17.7 Å². The van der Waals surface area contributed by atoms with Gasteiger partial charge >= 0.3 is 11.8 Å². The molecule has 3 amide bonds. The lowest BCUT2D eigenvalue weighted by atomic mass is 10.1. The van der Waals surface area contributed by atoms with Gasteiger partial charge in [-0.05, 0) is 31.2 Å².